The predicted molar refractivity (Wildman–Crippen MR) is 83.3 cm³/mol. The summed E-state index contributed by atoms with van der Waals surface area (Å²) in [5.74, 6) is -0.310. The van der Waals surface area contributed by atoms with Gasteiger partial charge in [-0.05, 0) is 24.3 Å². The highest BCUT2D eigenvalue weighted by molar-refractivity contribution is 5.97. The first kappa shape index (κ1) is 14.5. The molecule has 1 aromatic carbocycles. The molecule has 0 unspecified atom stereocenters. The van der Waals surface area contributed by atoms with Crippen molar-refractivity contribution in [2.75, 3.05) is 0 Å². The van der Waals surface area contributed by atoms with E-state index >= 15 is 0 Å². The minimum atomic E-state index is -0.538. The number of carbonyl (C=O) groups is 2. The fraction of sp³-hybridized carbons (Fsp3) is 0. The van der Waals surface area contributed by atoms with Crippen molar-refractivity contribution < 1.29 is 14.0 Å². The lowest BCUT2D eigenvalue weighted by Gasteiger charge is -2.05. The normalized spacial score (nSPS) is 10.1. The number of rotatable bonds is 3. The molecule has 6 heteroatoms. The number of hydrazine groups is 1. The summed E-state index contributed by atoms with van der Waals surface area (Å²) >= 11 is 0. The third kappa shape index (κ3) is 3.44. The molecule has 0 aliphatic rings. The van der Waals surface area contributed by atoms with Crippen molar-refractivity contribution in [2.45, 2.75) is 0 Å². The number of pyridine rings is 1. The average molecular weight is 307 g/mol. The topological polar surface area (TPSA) is 84.2 Å². The highest BCUT2D eigenvalue weighted by Crippen LogP contribution is 2.21. The van der Waals surface area contributed by atoms with Crippen LogP contribution in [-0.2, 0) is 0 Å². The molecule has 114 valence electrons. The van der Waals surface area contributed by atoms with E-state index in [2.05, 4.69) is 15.8 Å². The van der Waals surface area contributed by atoms with Crippen LogP contribution in [0.5, 0.6) is 0 Å². The molecule has 0 aliphatic carbocycles. The van der Waals surface area contributed by atoms with E-state index in [1.165, 1.54) is 6.20 Å². The maximum absolute atomic E-state index is 12.0. The third-order valence-corrected chi connectivity index (χ3v) is 3.10. The lowest BCUT2D eigenvalue weighted by molar-refractivity contribution is 0.0831. The van der Waals surface area contributed by atoms with Gasteiger partial charge in [-0.2, -0.15) is 0 Å². The predicted octanol–water partition coefficient (Wildman–Crippen LogP) is 2.42. The zero-order valence-electron chi connectivity index (χ0n) is 12.0. The molecule has 0 aliphatic heterocycles. The van der Waals surface area contributed by atoms with Crippen LogP contribution < -0.4 is 10.9 Å². The summed E-state index contributed by atoms with van der Waals surface area (Å²) in [7, 11) is 0. The van der Waals surface area contributed by atoms with Gasteiger partial charge in [0.1, 0.15) is 5.76 Å². The second kappa shape index (κ2) is 6.57. The molecule has 0 spiro atoms. The van der Waals surface area contributed by atoms with Crippen molar-refractivity contribution in [3.63, 3.8) is 0 Å². The molecule has 23 heavy (non-hydrogen) atoms. The first-order valence-electron chi connectivity index (χ1n) is 6.90. The van der Waals surface area contributed by atoms with Gasteiger partial charge < -0.3 is 4.42 Å². The van der Waals surface area contributed by atoms with Crippen LogP contribution in [0.4, 0.5) is 0 Å². The number of nitrogens with zero attached hydrogens (tertiary/aromatic N) is 1. The number of hydrogen-bond acceptors (Lipinski definition) is 4. The van der Waals surface area contributed by atoms with E-state index in [1.54, 1.807) is 30.5 Å². The van der Waals surface area contributed by atoms with Gasteiger partial charge >= 0.3 is 5.91 Å². The summed E-state index contributed by atoms with van der Waals surface area (Å²) in [5.41, 5.74) is 5.82. The van der Waals surface area contributed by atoms with Crippen molar-refractivity contribution in [3.8, 4) is 11.3 Å². The molecule has 3 rings (SSSR count). The Bertz CT molecular complexity index is 813. The van der Waals surface area contributed by atoms with E-state index < -0.39 is 11.8 Å². The van der Waals surface area contributed by atoms with E-state index in [0.717, 1.165) is 5.56 Å². The summed E-state index contributed by atoms with van der Waals surface area (Å²) in [4.78, 5) is 27.6. The van der Waals surface area contributed by atoms with Gasteiger partial charge in [-0.25, -0.2) is 0 Å². The zero-order valence-corrected chi connectivity index (χ0v) is 12.0. The Morgan fingerprint density at radius 3 is 2.39 bits per heavy atom. The molecule has 0 saturated carbocycles. The quantitative estimate of drug-likeness (QED) is 0.728. The van der Waals surface area contributed by atoms with Crippen molar-refractivity contribution in [1.29, 1.82) is 0 Å². The lowest BCUT2D eigenvalue weighted by atomic mass is 10.2. The van der Waals surface area contributed by atoms with E-state index in [-0.39, 0.29) is 5.76 Å². The number of furan rings is 1. The second-order valence-corrected chi connectivity index (χ2v) is 4.68. The monoisotopic (exact) mass is 307 g/mol. The summed E-state index contributed by atoms with van der Waals surface area (Å²) in [6.07, 6.45) is 2.96. The van der Waals surface area contributed by atoms with E-state index in [0.29, 0.717) is 11.3 Å². The van der Waals surface area contributed by atoms with Crippen LogP contribution in [0.1, 0.15) is 20.9 Å². The summed E-state index contributed by atoms with van der Waals surface area (Å²) in [5, 5.41) is 0. The van der Waals surface area contributed by atoms with Gasteiger partial charge in [-0.15, -0.1) is 0 Å². The van der Waals surface area contributed by atoms with Gasteiger partial charge in [0.15, 0.2) is 5.76 Å². The molecular formula is C17H13N3O3. The van der Waals surface area contributed by atoms with Gasteiger partial charge in [0, 0.05) is 18.0 Å². The van der Waals surface area contributed by atoms with Crippen LogP contribution in [-0.4, -0.2) is 16.8 Å². The third-order valence-electron chi connectivity index (χ3n) is 3.10. The number of aromatic nitrogens is 1. The lowest BCUT2D eigenvalue weighted by Crippen LogP contribution is -2.41. The SMILES string of the molecule is O=C(NNC(=O)c1ccc(-c2ccccc2)o1)c1cccnc1. The molecule has 2 heterocycles. The minimum Gasteiger partial charge on any atom is -0.451 e. The van der Waals surface area contributed by atoms with Crippen molar-refractivity contribution >= 4 is 11.8 Å². The zero-order chi connectivity index (χ0) is 16.1. The Labute approximate surface area is 132 Å². The highest BCUT2D eigenvalue weighted by Gasteiger charge is 2.13. The molecule has 6 nitrogen and oxygen atoms in total. The molecule has 0 radical (unpaired) electrons. The van der Waals surface area contributed by atoms with Crippen LogP contribution in [0.3, 0.4) is 0 Å². The highest BCUT2D eigenvalue weighted by atomic mass is 16.4. The number of carbonyl (C=O) groups excluding carboxylic acids is 2. The second-order valence-electron chi connectivity index (χ2n) is 4.68. The summed E-state index contributed by atoms with van der Waals surface area (Å²) < 4.78 is 5.49. The molecule has 0 bridgehead atoms. The smallest absolute Gasteiger partial charge is 0.305 e. The average Bonchev–Trinajstić information content (AvgIpc) is 3.11. The fourth-order valence-electron chi connectivity index (χ4n) is 1.96. The van der Waals surface area contributed by atoms with Crippen LogP contribution in [0, 0.1) is 0 Å². The van der Waals surface area contributed by atoms with Crippen LogP contribution in [0.15, 0.2) is 71.4 Å². The van der Waals surface area contributed by atoms with Crippen LogP contribution in [0.2, 0.25) is 0 Å². The van der Waals surface area contributed by atoms with Crippen LogP contribution >= 0.6 is 0 Å². The number of hydrogen-bond donors (Lipinski definition) is 2. The number of amides is 2. The van der Waals surface area contributed by atoms with Crippen molar-refractivity contribution in [1.82, 2.24) is 15.8 Å². The molecule has 0 atom stereocenters. The van der Waals surface area contributed by atoms with Gasteiger partial charge in [0.2, 0.25) is 0 Å². The summed E-state index contributed by atoms with van der Waals surface area (Å²) in [6, 6.07) is 15.9. The van der Waals surface area contributed by atoms with E-state index in [4.69, 9.17) is 4.42 Å². The van der Waals surface area contributed by atoms with E-state index in [9.17, 15) is 9.59 Å². The van der Waals surface area contributed by atoms with Gasteiger partial charge in [0.05, 0.1) is 5.56 Å². The van der Waals surface area contributed by atoms with Crippen molar-refractivity contribution in [3.05, 3.63) is 78.3 Å². The fourth-order valence-corrected chi connectivity index (χ4v) is 1.96. The Hall–Kier alpha value is -3.41. The van der Waals surface area contributed by atoms with Gasteiger partial charge in [0.25, 0.3) is 5.91 Å². The minimum absolute atomic E-state index is 0.107. The molecule has 0 fully saturated rings. The molecular weight excluding hydrogens is 294 g/mol. The Morgan fingerprint density at radius 2 is 1.65 bits per heavy atom. The molecule has 2 N–H and O–H groups in total. The maximum Gasteiger partial charge on any atom is 0.305 e. The first-order valence-corrected chi connectivity index (χ1v) is 6.90. The van der Waals surface area contributed by atoms with Gasteiger partial charge in [-0.3, -0.25) is 25.4 Å². The number of benzene rings is 1. The standard InChI is InChI=1S/C17H13N3O3/c21-16(13-7-4-10-18-11-13)19-20-17(22)15-9-8-14(23-15)12-5-2-1-3-6-12/h1-11H,(H,19,21)(H,20,22). The maximum atomic E-state index is 12.0. The Kier molecular flexibility index (Phi) is 4.15. The molecule has 0 saturated heterocycles. The van der Waals surface area contributed by atoms with Crippen molar-refractivity contribution in [2.24, 2.45) is 0 Å². The summed E-state index contributed by atoms with van der Waals surface area (Å²) in [6.45, 7) is 0. The molecule has 3 aromatic rings. The molecule has 2 amide bonds. The molecule has 2 aromatic heterocycles. The van der Waals surface area contributed by atoms with Gasteiger partial charge in [-0.1, -0.05) is 30.3 Å². The number of nitrogens with one attached hydrogen (secondary N) is 2. The Morgan fingerprint density at radius 1 is 0.870 bits per heavy atom. The first-order chi connectivity index (χ1) is 11.2. The largest absolute Gasteiger partial charge is 0.451 e. The van der Waals surface area contributed by atoms with E-state index in [1.807, 2.05) is 30.3 Å². The van der Waals surface area contributed by atoms with Crippen LogP contribution in [0.25, 0.3) is 11.3 Å². The Balaban J connectivity index is 1.63.